The van der Waals surface area contributed by atoms with Gasteiger partial charge in [-0.1, -0.05) is 11.8 Å². The van der Waals surface area contributed by atoms with Gasteiger partial charge in [0.2, 0.25) is 0 Å². The van der Waals surface area contributed by atoms with Gasteiger partial charge in [-0.05, 0) is 18.6 Å². The van der Waals surface area contributed by atoms with Crippen LogP contribution >= 0.6 is 23.3 Å². The van der Waals surface area contributed by atoms with Crippen molar-refractivity contribution in [1.29, 1.82) is 0 Å². The van der Waals surface area contributed by atoms with Crippen LogP contribution in [0.15, 0.2) is 10.7 Å². The summed E-state index contributed by atoms with van der Waals surface area (Å²) in [5.41, 5.74) is 0. The van der Waals surface area contributed by atoms with Crippen molar-refractivity contribution in [3.05, 3.63) is 6.33 Å². The lowest BCUT2D eigenvalue weighted by atomic mass is 10.3. The summed E-state index contributed by atoms with van der Waals surface area (Å²) < 4.78 is 4.61. The van der Waals surface area contributed by atoms with Crippen molar-refractivity contribution in [1.82, 2.24) is 14.7 Å². The highest BCUT2D eigenvalue weighted by Gasteiger charge is 2.15. The fourth-order valence-corrected chi connectivity index (χ4v) is 2.22. The summed E-state index contributed by atoms with van der Waals surface area (Å²) in [6.07, 6.45) is 1.46. The Morgan fingerprint density at radius 2 is 2.69 bits per heavy atom. The van der Waals surface area contributed by atoms with E-state index in [-0.39, 0.29) is 0 Å². The molecule has 0 bridgehead atoms. The average Bonchev–Trinajstić information content (AvgIpc) is 2.57. The number of hydrogen-bond acceptors (Lipinski definition) is 6. The zero-order valence-corrected chi connectivity index (χ0v) is 8.56. The van der Waals surface area contributed by atoms with E-state index in [1.165, 1.54) is 29.6 Å². The maximum absolute atomic E-state index is 10.6. The molecule has 1 aromatic heterocycles. The van der Waals surface area contributed by atoms with Gasteiger partial charge in [-0.2, -0.15) is 4.37 Å². The van der Waals surface area contributed by atoms with Crippen LogP contribution in [0.25, 0.3) is 0 Å². The normalized spacial score (nSPS) is 12.7. The minimum atomic E-state index is -0.848. The van der Waals surface area contributed by atoms with Crippen LogP contribution in [0.1, 0.15) is 0 Å². The van der Waals surface area contributed by atoms with E-state index in [0.29, 0.717) is 5.75 Å². The smallest absolute Gasteiger partial charge is 0.321 e. The SMILES string of the molecule is CNC(CSc1ncns1)C(=O)O. The summed E-state index contributed by atoms with van der Waals surface area (Å²) in [6.45, 7) is 0. The molecule has 0 amide bonds. The molecule has 0 spiro atoms. The van der Waals surface area contributed by atoms with Gasteiger partial charge in [0.15, 0.2) is 4.34 Å². The topological polar surface area (TPSA) is 75.1 Å². The number of rotatable bonds is 5. The molecule has 0 fully saturated rings. The quantitative estimate of drug-likeness (QED) is 0.694. The van der Waals surface area contributed by atoms with E-state index in [9.17, 15) is 4.79 Å². The molecule has 0 aliphatic carbocycles. The lowest BCUT2D eigenvalue weighted by Crippen LogP contribution is -2.35. The van der Waals surface area contributed by atoms with Crippen molar-refractivity contribution in [2.45, 2.75) is 10.4 Å². The predicted octanol–water partition coefficient (Wildman–Crippen LogP) is 0.303. The molecular weight excluding hydrogens is 210 g/mol. The number of aromatic nitrogens is 2. The highest BCUT2D eigenvalue weighted by molar-refractivity contribution is 8.01. The Hall–Kier alpha value is -0.660. The standard InChI is InChI=1S/C6H9N3O2S2/c1-7-4(5(10)11)2-12-6-8-3-9-13-6/h3-4,7H,2H2,1H3,(H,10,11). The minimum absolute atomic E-state index is 0.459. The third-order valence-corrected chi connectivity index (χ3v) is 3.25. The highest BCUT2D eigenvalue weighted by Crippen LogP contribution is 2.18. The third-order valence-electron chi connectivity index (χ3n) is 1.36. The second-order valence-electron chi connectivity index (χ2n) is 2.20. The Morgan fingerprint density at radius 1 is 1.92 bits per heavy atom. The molecule has 72 valence electrons. The molecule has 0 aliphatic rings. The summed E-state index contributed by atoms with van der Waals surface area (Å²) in [5, 5.41) is 11.4. The Bertz CT molecular complexity index is 265. The van der Waals surface area contributed by atoms with Crippen LogP contribution < -0.4 is 5.32 Å². The van der Waals surface area contributed by atoms with E-state index in [0.717, 1.165) is 4.34 Å². The van der Waals surface area contributed by atoms with Crippen LogP contribution in [-0.4, -0.2) is 39.3 Å². The summed E-state index contributed by atoms with van der Waals surface area (Å²) >= 11 is 2.66. The predicted molar refractivity (Wildman–Crippen MR) is 51.1 cm³/mol. The molecule has 0 saturated heterocycles. The molecule has 1 rings (SSSR count). The molecule has 1 atom stereocenters. The van der Waals surface area contributed by atoms with Gasteiger partial charge in [0.1, 0.15) is 12.4 Å². The van der Waals surface area contributed by atoms with Crippen molar-refractivity contribution in [2.75, 3.05) is 12.8 Å². The molecule has 7 heteroatoms. The van der Waals surface area contributed by atoms with Crippen LogP contribution in [0.2, 0.25) is 0 Å². The number of thioether (sulfide) groups is 1. The van der Waals surface area contributed by atoms with Crippen molar-refractivity contribution >= 4 is 29.3 Å². The number of carboxylic acids is 1. The van der Waals surface area contributed by atoms with Gasteiger partial charge in [-0.25, -0.2) is 4.98 Å². The molecule has 2 N–H and O–H groups in total. The number of carbonyl (C=O) groups is 1. The first kappa shape index (κ1) is 10.4. The summed E-state index contributed by atoms with van der Waals surface area (Å²) in [7, 11) is 1.62. The fourth-order valence-electron chi connectivity index (χ4n) is 0.659. The third kappa shape index (κ3) is 3.29. The number of likely N-dealkylation sites (N-methyl/N-ethyl adjacent to an activating group) is 1. The zero-order valence-electron chi connectivity index (χ0n) is 6.93. The summed E-state index contributed by atoms with van der Waals surface area (Å²) in [4.78, 5) is 14.5. The molecule has 0 aliphatic heterocycles. The van der Waals surface area contributed by atoms with Crippen LogP contribution in [0.4, 0.5) is 0 Å². The van der Waals surface area contributed by atoms with Gasteiger partial charge in [0, 0.05) is 5.75 Å². The van der Waals surface area contributed by atoms with E-state index < -0.39 is 12.0 Å². The fraction of sp³-hybridized carbons (Fsp3) is 0.500. The van der Waals surface area contributed by atoms with E-state index in [4.69, 9.17) is 5.11 Å². The molecule has 13 heavy (non-hydrogen) atoms. The summed E-state index contributed by atoms with van der Waals surface area (Å²) in [5.74, 6) is -0.388. The Balaban J connectivity index is 2.36. The lowest BCUT2D eigenvalue weighted by molar-refractivity contribution is -0.138. The van der Waals surface area contributed by atoms with Gasteiger partial charge in [0.25, 0.3) is 0 Å². The van der Waals surface area contributed by atoms with Crippen LogP contribution in [0.3, 0.4) is 0 Å². The monoisotopic (exact) mass is 219 g/mol. The molecule has 5 nitrogen and oxygen atoms in total. The molecular formula is C6H9N3O2S2. The second-order valence-corrected chi connectivity index (χ2v) is 4.24. The Kier molecular flexibility index (Phi) is 4.13. The zero-order chi connectivity index (χ0) is 9.68. The van der Waals surface area contributed by atoms with E-state index in [1.807, 2.05) is 0 Å². The van der Waals surface area contributed by atoms with Crippen molar-refractivity contribution < 1.29 is 9.90 Å². The maximum atomic E-state index is 10.6. The molecule has 1 heterocycles. The van der Waals surface area contributed by atoms with E-state index >= 15 is 0 Å². The molecule has 0 aromatic carbocycles. The van der Waals surface area contributed by atoms with Gasteiger partial charge < -0.3 is 10.4 Å². The molecule has 1 aromatic rings. The van der Waals surface area contributed by atoms with Crippen LogP contribution in [0.5, 0.6) is 0 Å². The van der Waals surface area contributed by atoms with E-state index in [1.54, 1.807) is 7.05 Å². The number of hydrogen-bond donors (Lipinski definition) is 2. The van der Waals surface area contributed by atoms with Crippen LogP contribution in [0, 0.1) is 0 Å². The van der Waals surface area contributed by atoms with E-state index in [2.05, 4.69) is 14.7 Å². The van der Waals surface area contributed by atoms with Crippen molar-refractivity contribution in [3.63, 3.8) is 0 Å². The lowest BCUT2D eigenvalue weighted by Gasteiger charge is -2.08. The minimum Gasteiger partial charge on any atom is -0.480 e. The number of nitrogens with one attached hydrogen (secondary N) is 1. The van der Waals surface area contributed by atoms with Crippen LogP contribution in [-0.2, 0) is 4.79 Å². The number of aliphatic carboxylic acids is 1. The molecule has 0 saturated carbocycles. The van der Waals surface area contributed by atoms with Crippen molar-refractivity contribution in [3.8, 4) is 0 Å². The Labute approximate surface area is 83.7 Å². The average molecular weight is 219 g/mol. The first-order valence-corrected chi connectivity index (χ1v) is 5.29. The maximum Gasteiger partial charge on any atom is 0.321 e. The Morgan fingerprint density at radius 3 is 3.15 bits per heavy atom. The number of nitrogens with zero attached hydrogens (tertiary/aromatic N) is 2. The highest BCUT2D eigenvalue weighted by atomic mass is 32.2. The first-order valence-electron chi connectivity index (χ1n) is 3.53. The largest absolute Gasteiger partial charge is 0.480 e. The second kappa shape index (κ2) is 5.15. The first-order chi connectivity index (χ1) is 6.24. The van der Waals surface area contributed by atoms with Crippen molar-refractivity contribution in [2.24, 2.45) is 0 Å². The summed E-state index contributed by atoms with van der Waals surface area (Å²) in [6, 6.07) is -0.533. The van der Waals surface area contributed by atoms with Gasteiger partial charge in [0.05, 0.1) is 0 Å². The van der Waals surface area contributed by atoms with Gasteiger partial charge >= 0.3 is 5.97 Å². The van der Waals surface area contributed by atoms with Gasteiger partial charge in [-0.3, -0.25) is 4.79 Å². The van der Waals surface area contributed by atoms with Gasteiger partial charge in [-0.15, -0.1) is 0 Å². The molecule has 0 radical (unpaired) electrons. The number of carboxylic acid groups (broad SMARTS) is 1. The molecule has 1 unspecified atom stereocenters.